The average molecular weight is 367 g/mol. The molecule has 7 nitrogen and oxygen atoms in total. The number of H-pyrrole nitrogens is 1. The van der Waals surface area contributed by atoms with Crippen LogP contribution in [0.15, 0.2) is 29.2 Å². The molecule has 0 atom stereocenters. The number of pyridine rings is 1. The van der Waals surface area contributed by atoms with Gasteiger partial charge in [0.05, 0.1) is 18.2 Å². The van der Waals surface area contributed by atoms with E-state index in [-0.39, 0.29) is 30.0 Å². The average Bonchev–Trinajstić information content (AvgIpc) is 2.92. The number of aromatic nitrogens is 3. The van der Waals surface area contributed by atoms with Gasteiger partial charge in [-0.05, 0) is 44.0 Å². The Morgan fingerprint density at radius 1 is 1.30 bits per heavy atom. The van der Waals surface area contributed by atoms with Gasteiger partial charge in [0, 0.05) is 30.8 Å². The molecule has 1 N–H and O–H groups in total. The van der Waals surface area contributed by atoms with Crippen LogP contribution in [0.3, 0.4) is 0 Å². The van der Waals surface area contributed by atoms with E-state index in [0.29, 0.717) is 39.3 Å². The fourth-order valence-electron chi connectivity index (χ4n) is 3.44. The summed E-state index contributed by atoms with van der Waals surface area (Å²) in [7, 11) is 1.50. The number of fused-ring (bicyclic) bond motifs is 1. The smallest absolute Gasteiger partial charge is 0.255 e. The first-order valence-electron chi connectivity index (χ1n) is 8.62. The third-order valence-corrected chi connectivity index (χ3v) is 4.61. The lowest BCUT2D eigenvalue weighted by Gasteiger charge is -2.08. The summed E-state index contributed by atoms with van der Waals surface area (Å²) >= 11 is 0. The van der Waals surface area contributed by atoms with Crippen LogP contribution >= 0.6 is 0 Å². The third kappa shape index (κ3) is 3.28. The van der Waals surface area contributed by atoms with Crippen LogP contribution in [-0.4, -0.2) is 33.3 Å². The summed E-state index contributed by atoms with van der Waals surface area (Å²) in [6.45, 7) is 4.97. The fourth-order valence-corrected chi connectivity index (χ4v) is 3.44. The first-order valence-corrected chi connectivity index (χ1v) is 8.62. The summed E-state index contributed by atoms with van der Waals surface area (Å²) in [5.74, 6) is 0.165. The van der Waals surface area contributed by atoms with Crippen molar-refractivity contribution in [1.82, 2.24) is 14.6 Å². The van der Waals surface area contributed by atoms with E-state index in [4.69, 9.17) is 4.74 Å². The van der Waals surface area contributed by atoms with Gasteiger partial charge in [-0.25, -0.2) is 4.52 Å². The molecule has 0 radical (unpaired) electrons. The predicted molar refractivity (Wildman–Crippen MR) is 101 cm³/mol. The molecule has 3 aromatic heterocycles. The largest absolute Gasteiger partial charge is 0.496 e. The lowest BCUT2D eigenvalue weighted by molar-refractivity contribution is 0.0983. The lowest BCUT2D eigenvalue weighted by atomic mass is 9.99. The number of carbonyl (C=O) groups is 2. The first kappa shape index (κ1) is 18.6. The Morgan fingerprint density at radius 2 is 2.04 bits per heavy atom. The molecule has 0 aliphatic carbocycles. The molecule has 0 amide bonds. The molecule has 3 rings (SSSR count). The Balaban J connectivity index is 1.98. The number of nitrogens with zero attached hydrogens (tertiary/aromatic N) is 2. The van der Waals surface area contributed by atoms with Crippen LogP contribution in [0.5, 0.6) is 5.75 Å². The van der Waals surface area contributed by atoms with E-state index in [9.17, 15) is 14.4 Å². The van der Waals surface area contributed by atoms with Gasteiger partial charge in [0.15, 0.2) is 11.6 Å². The number of nitrogens with one attached hydrogen (secondary N) is 1. The highest BCUT2D eigenvalue weighted by atomic mass is 16.5. The molecular weight excluding hydrogens is 346 g/mol. The number of methoxy groups -OCH3 is 1. The van der Waals surface area contributed by atoms with E-state index < -0.39 is 0 Å². The second kappa shape index (κ2) is 7.19. The van der Waals surface area contributed by atoms with E-state index in [1.807, 2.05) is 0 Å². The van der Waals surface area contributed by atoms with Gasteiger partial charge >= 0.3 is 0 Å². The third-order valence-electron chi connectivity index (χ3n) is 4.61. The molecule has 140 valence electrons. The van der Waals surface area contributed by atoms with Crippen molar-refractivity contribution in [3.8, 4) is 5.75 Å². The van der Waals surface area contributed by atoms with Crippen LogP contribution < -0.4 is 10.3 Å². The topological polar surface area (TPSA) is 93.5 Å². The van der Waals surface area contributed by atoms with Crippen LogP contribution in [0.25, 0.3) is 5.52 Å². The second-order valence-electron chi connectivity index (χ2n) is 6.48. The minimum absolute atomic E-state index is 0.120. The van der Waals surface area contributed by atoms with Crippen molar-refractivity contribution in [1.29, 1.82) is 0 Å². The summed E-state index contributed by atoms with van der Waals surface area (Å²) in [5, 5.41) is 4.20. The summed E-state index contributed by atoms with van der Waals surface area (Å²) < 4.78 is 6.79. The van der Waals surface area contributed by atoms with Gasteiger partial charge in [-0.1, -0.05) is 0 Å². The summed E-state index contributed by atoms with van der Waals surface area (Å²) in [4.78, 5) is 39.9. The molecule has 0 unspecified atom stereocenters. The standard InChI is InChI=1S/C20H21N3O4/c1-11-10-17(27-4)14(20(26)22-11)7-8-16(25)18-12(2)19(13(3)24)23-15(18)6-5-9-21-23/h5-6,9-10H,7-8H2,1-4H3,(H,22,26). The molecule has 0 spiro atoms. The number of hydrogen-bond acceptors (Lipinski definition) is 5. The van der Waals surface area contributed by atoms with Crippen molar-refractivity contribution in [2.75, 3.05) is 7.11 Å². The summed E-state index contributed by atoms with van der Waals surface area (Å²) in [6.07, 6.45) is 1.93. The zero-order valence-corrected chi connectivity index (χ0v) is 15.8. The van der Waals surface area contributed by atoms with E-state index in [1.165, 1.54) is 18.5 Å². The molecule has 0 saturated heterocycles. The minimum atomic E-state index is -0.260. The van der Waals surface area contributed by atoms with Gasteiger partial charge in [0.1, 0.15) is 11.4 Å². The number of ketones is 2. The molecule has 0 fully saturated rings. The zero-order chi connectivity index (χ0) is 19.7. The summed E-state index contributed by atoms with van der Waals surface area (Å²) in [5.41, 5.74) is 2.94. The molecule has 0 saturated carbocycles. The molecule has 0 aliphatic rings. The Bertz CT molecular complexity index is 1110. The number of aromatic amines is 1. The molecule has 3 heterocycles. The van der Waals surface area contributed by atoms with Gasteiger partial charge in [-0.2, -0.15) is 5.10 Å². The highest BCUT2D eigenvalue weighted by molar-refractivity contribution is 6.08. The zero-order valence-electron chi connectivity index (χ0n) is 15.8. The number of carbonyl (C=O) groups excluding carboxylic acids is 2. The Labute approximate surface area is 156 Å². The van der Waals surface area contributed by atoms with E-state index in [2.05, 4.69) is 10.1 Å². The van der Waals surface area contributed by atoms with Gasteiger partial charge in [0.2, 0.25) is 0 Å². The maximum Gasteiger partial charge on any atom is 0.255 e. The van der Waals surface area contributed by atoms with Crippen molar-refractivity contribution < 1.29 is 14.3 Å². The van der Waals surface area contributed by atoms with Crippen LogP contribution in [-0.2, 0) is 6.42 Å². The van der Waals surface area contributed by atoms with Gasteiger partial charge in [-0.3, -0.25) is 14.4 Å². The summed E-state index contributed by atoms with van der Waals surface area (Å²) in [6, 6.07) is 5.22. The predicted octanol–water partition coefficient (Wildman–Crippen LogP) is 2.67. The number of hydrogen-bond donors (Lipinski definition) is 1. The maximum absolute atomic E-state index is 13.0. The van der Waals surface area contributed by atoms with E-state index >= 15 is 0 Å². The second-order valence-corrected chi connectivity index (χ2v) is 6.48. The SMILES string of the molecule is COc1cc(C)[nH]c(=O)c1CCC(=O)c1c(C)c(C(C)=O)n2ncccc12. The lowest BCUT2D eigenvalue weighted by Crippen LogP contribution is -2.16. The Kier molecular flexibility index (Phi) is 4.94. The van der Waals surface area contributed by atoms with Crippen molar-refractivity contribution in [3.63, 3.8) is 0 Å². The Hall–Kier alpha value is -3.22. The van der Waals surface area contributed by atoms with Gasteiger partial charge < -0.3 is 9.72 Å². The number of aryl methyl sites for hydroxylation is 1. The highest BCUT2D eigenvalue weighted by Crippen LogP contribution is 2.25. The van der Waals surface area contributed by atoms with Crippen molar-refractivity contribution in [2.45, 2.75) is 33.6 Å². The quantitative estimate of drug-likeness (QED) is 0.676. The monoisotopic (exact) mass is 367 g/mol. The van der Waals surface area contributed by atoms with Crippen LogP contribution in [0, 0.1) is 13.8 Å². The van der Waals surface area contributed by atoms with E-state index in [0.717, 1.165) is 0 Å². The van der Waals surface area contributed by atoms with Crippen molar-refractivity contribution in [3.05, 3.63) is 62.8 Å². The van der Waals surface area contributed by atoms with Crippen LogP contribution in [0.2, 0.25) is 0 Å². The molecule has 27 heavy (non-hydrogen) atoms. The van der Waals surface area contributed by atoms with Crippen molar-refractivity contribution >= 4 is 17.1 Å². The van der Waals surface area contributed by atoms with Gasteiger partial charge in [-0.15, -0.1) is 0 Å². The van der Waals surface area contributed by atoms with Crippen LogP contribution in [0.1, 0.15) is 51.0 Å². The number of rotatable bonds is 6. The Morgan fingerprint density at radius 3 is 2.70 bits per heavy atom. The maximum atomic E-state index is 13.0. The van der Waals surface area contributed by atoms with Crippen molar-refractivity contribution in [2.24, 2.45) is 0 Å². The van der Waals surface area contributed by atoms with Gasteiger partial charge in [0.25, 0.3) is 5.56 Å². The number of ether oxygens (including phenoxy) is 1. The fraction of sp³-hybridized carbons (Fsp3) is 0.300. The molecule has 0 bridgehead atoms. The molecular formula is C20H21N3O4. The molecule has 7 heteroatoms. The molecule has 0 aliphatic heterocycles. The molecule has 3 aromatic rings. The van der Waals surface area contributed by atoms with E-state index in [1.54, 1.807) is 38.2 Å². The first-order chi connectivity index (χ1) is 12.8. The highest BCUT2D eigenvalue weighted by Gasteiger charge is 2.23. The van der Waals surface area contributed by atoms with Crippen LogP contribution in [0.4, 0.5) is 0 Å². The number of Topliss-reactive ketones (excluding diaryl/α,β-unsaturated/α-hetero) is 2. The minimum Gasteiger partial charge on any atom is -0.496 e. The normalized spacial score (nSPS) is 11.0. The molecule has 0 aromatic carbocycles.